The number of hydrogen-bond donors (Lipinski definition) is 0. The number of hydrogen-bond acceptors (Lipinski definition) is 3. The highest BCUT2D eigenvalue weighted by Gasteiger charge is 2.34. The van der Waals surface area contributed by atoms with Gasteiger partial charge in [-0.2, -0.15) is 5.10 Å². The highest BCUT2D eigenvalue weighted by Crippen LogP contribution is 2.44. The highest BCUT2D eigenvalue weighted by atomic mass is 79.9. The number of aromatic nitrogens is 3. The van der Waals surface area contributed by atoms with Crippen molar-refractivity contribution in [2.45, 2.75) is 6.92 Å². The van der Waals surface area contributed by atoms with Gasteiger partial charge in [-0.25, -0.2) is 9.67 Å². The van der Waals surface area contributed by atoms with E-state index < -0.39 is 0 Å². The fourth-order valence-electron chi connectivity index (χ4n) is 4.41. The van der Waals surface area contributed by atoms with E-state index in [1.54, 1.807) is 0 Å². The van der Waals surface area contributed by atoms with Gasteiger partial charge in [0.15, 0.2) is 11.4 Å². The van der Waals surface area contributed by atoms with Crippen molar-refractivity contribution in [1.82, 2.24) is 14.8 Å². The zero-order chi connectivity index (χ0) is 21.1. The minimum Gasteiger partial charge on any atom is -0.288 e. The number of benzene rings is 3. The Morgan fingerprint density at radius 1 is 0.806 bits per heavy atom. The van der Waals surface area contributed by atoms with Crippen LogP contribution in [-0.2, 0) is 0 Å². The molecule has 0 fully saturated rings. The number of para-hydroxylation sites is 1. The summed E-state index contributed by atoms with van der Waals surface area (Å²) < 4.78 is 2.86. The molecule has 0 saturated heterocycles. The fraction of sp³-hybridized carbons (Fsp3) is 0.0385. The Kier molecular flexibility index (Phi) is 3.95. The van der Waals surface area contributed by atoms with Gasteiger partial charge in [-0.05, 0) is 36.8 Å². The zero-order valence-electron chi connectivity index (χ0n) is 16.6. The van der Waals surface area contributed by atoms with Gasteiger partial charge in [0, 0.05) is 21.2 Å². The van der Waals surface area contributed by atoms with E-state index in [4.69, 9.17) is 10.1 Å². The van der Waals surface area contributed by atoms with Crippen LogP contribution in [0.4, 0.5) is 0 Å². The minimum atomic E-state index is 0.0183. The van der Waals surface area contributed by atoms with Crippen LogP contribution in [0.25, 0.3) is 39.1 Å². The molecule has 31 heavy (non-hydrogen) atoms. The Hall–Kier alpha value is -3.57. The molecule has 0 atom stereocenters. The third-order valence-electron chi connectivity index (χ3n) is 5.78. The van der Waals surface area contributed by atoms with Crippen molar-refractivity contribution in [2.75, 3.05) is 0 Å². The highest BCUT2D eigenvalue weighted by molar-refractivity contribution is 9.10. The molecule has 6 rings (SSSR count). The van der Waals surface area contributed by atoms with Crippen molar-refractivity contribution in [3.63, 3.8) is 0 Å². The second-order valence-corrected chi connectivity index (χ2v) is 8.54. The number of ketones is 1. The number of rotatable bonds is 2. The monoisotopic (exact) mass is 465 g/mol. The smallest absolute Gasteiger partial charge is 0.196 e. The lowest BCUT2D eigenvalue weighted by Gasteiger charge is -2.11. The van der Waals surface area contributed by atoms with E-state index >= 15 is 0 Å². The molecule has 0 saturated carbocycles. The number of nitrogens with zero attached hydrogens (tertiary/aromatic N) is 3. The van der Waals surface area contributed by atoms with E-state index in [0.29, 0.717) is 11.1 Å². The summed E-state index contributed by atoms with van der Waals surface area (Å²) in [5.41, 5.74) is 7.37. The molecule has 3 aromatic carbocycles. The molecular formula is C26H16BrN3O. The minimum absolute atomic E-state index is 0.0183. The SMILES string of the molecule is Cc1nn(-c2ccccc2)c2nc3c(c(-c4ccc(Br)cc4)c12)C(=O)c1ccccc1-3. The lowest BCUT2D eigenvalue weighted by Crippen LogP contribution is -2.02. The average molecular weight is 466 g/mol. The second kappa shape index (κ2) is 6.72. The Bertz CT molecular complexity index is 1500. The van der Waals surface area contributed by atoms with Crippen molar-refractivity contribution in [3.05, 3.63) is 100 Å². The van der Waals surface area contributed by atoms with E-state index in [0.717, 1.165) is 49.3 Å². The first-order chi connectivity index (χ1) is 15.1. The van der Waals surface area contributed by atoms with Gasteiger partial charge in [0.25, 0.3) is 0 Å². The van der Waals surface area contributed by atoms with E-state index in [-0.39, 0.29) is 5.78 Å². The van der Waals surface area contributed by atoms with Gasteiger partial charge in [0.05, 0.1) is 28.0 Å². The first-order valence-electron chi connectivity index (χ1n) is 10.0. The maximum atomic E-state index is 13.5. The lowest BCUT2D eigenvalue weighted by molar-refractivity contribution is 0.104. The maximum absolute atomic E-state index is 13.5. The third-order valence-corrected chi connectivity index (χ3v) is 6.31. The molecule has 0 unspecified atom stereocenters. The molecule has 0 N–H and O–H groups in total. The van der Waals surface area contributed by atoms with E-state index in [2.05, 4.69) is 15.9 Å². The standard InChI is InChI=1S/C26H16BrN3O/c1-15-21-22(16-11-13-17(27)14-12-16)23-24(19-9-5-6-10-20(19)25(23)31)28-26(21)30(29-15)18-7-3-2-4-8-18/h2-14H,1H3. The number of pyridine rings is 1. The molecule has 0 amide bonds. The van der Waals surface area contributed by atoms with E-state index in [9.17, 15) is 4.79 Å². The van der Waals surface area contributed by atoms with Crippen LogP contribution in [-0.4, -0.2) is 20.5 Å². The normalized spacial score (nSPS) is 12.3. The predicted octanol–water partition coefficient (Wildman–Crippen LogP) is 6.37. The van der Waals surface area contributed by atoms with Crippen LogP contribution >= 0.6 is 15.9 Å². The first-order valence-corrected chi connectivity index (χ1v) is 10.8. The first kappa shape index (κ1) is 18.2. The van der Waals surface area contributed by atoms with Crippen LogP contribution < -0.4 is 0 Å². The Balaban J connectivity index is 1.78. The molecule has 5 heteroatoms. The van der Waals surface area contributed by atoms with Crippen molar-refractivity contribution < 1.29 is 4.79 Å². The quantitative estimate of drug-likeness (QED) is 0.298. The summed E-state index contributed by atoms with van der Waals surface area (Å²) in [4.78, 5) is 18.5. The molecule has 2 heterocycles. The molecule has 5 aromatic rings. The van der Waals surface area contributed by atoms with Gasteiger partial charge >= 0.3 is 0 Å². The Morgan fingerprint density at radius 2 is 1.48 bits per heavy atom. The summed E-state index contributed by atoms with van der Waals surface area (Å²) in [5, 5.41) is 5.73. The molecule has 4 nitrogen and oxygen atoms in total. The molecule has 1 aliphatic rings. The van der Waals surface area contributed by atoms with Gasteiger partial charge in [0.1, 0.15) is 0 Å². The number of halogens is 1. The van der Waals surface area contributed by atoms with Gasteiger partial charge in [0.2, 0.25) is 0 Å². The van der Waals surface area contributed by atoms with E-state index in [1.165, 1.54) is 0 Å². The average Bonchev–Trinajstić information content (AvgIpc) is 3.29. The number of aryl methyl sites for hydroxylation is 1. The molecular weight excluding hydrogens is 450 g/mol. The van der Waals surface area contributed by atoms with Gasteiger partial charge in [-0.15, -0.1) is 0 Å². The summed E-state index contributed by atoms with van der Waals surface area (Å²) in [6.07, 6.45) is 0. The van der Waals surface area contributed by atoms with Crippen molar-refractivity contribution >= 4 is 32.7 Å². The van der Waals surface area contributed by atoms with Crippen LogP contribution in [0, 0.1) is 6.92 Å². The van der Waals surface area contributed by atoms with Gasteiger partial charge in [-0.1, -0.05) is 70.5 Å². The second-order valence-electron chi connectivity index (χ2n) is 7.62. The topological polar surface area (TPSA) is 47.8 Å². The number of fused-ring (bicyclic) bond motifs is 4. The molecule has 1 aliphatic carbocycles. The van der Waals surface area contributed by atoms with Crippen LogP contribution in [0.15, 0.2) is 83.3 Å². The summed E-state index contributed by atoms with van der Waals surface area (Å²) >= 11 is 3.52. The maximum Gasteiger partial charge on any atom is 0.196 e. The fourth-order valence-corrected chi connectivity index (χ4v) is 4.67. The zero-order valence-corrected chi connectivity index (χ0v) is 18.2. The number of carbonyl (C=O) groups excluding carboxylic acids is 1. The number of carbonyl (C=O) groups is 1. The van der Waals surface area contributed by atoms with Crippen LogP contribution in [0.1, 0.15) is 21.6 Å². The van der Waals surface area contributed by atoms with Crippen LogP contribution in [0.3, 0.4) is 0 Å². The van der Waals surface area contributed by atoms with Crippen LogP contribution in [0.5, 0.6) is 0 Å². The molecule has 0 aliphatic heterocycles. The van der Waals surface area contributed by atoms with Crippen molar-refractivity contribution in [1.29, 1.82) is 0 Å². The summed E-state index contributed by atoms with van der Waals surface area (Å²) in [6, 6.07) is 25.8. The largest absolute Gasteiger partial charge is 0.288 e. The van der Waals surface area contributed by atoms with Crippen molar-refractivity contribution in [3.8, 4) is 28.1 Å². The summed E-state index contributed by atoms with van der Waals surface area (Å²) in [5.74, 6) is 0.0183. The summed E-state index contributed by atoms with van der Waals surface area (Å²) in [6.45, 7) is 1.98. The summed E-state index contributed by atoms with van der Waals surface area (Å²) in [7, 11) is 0. The molecule has 148 valence electrons. The van der Waals surface area contributed by atoms with E-state index in [1.807, 2.05) is 90.5 Å². The predicted molar refractivity (Wildman–Crippen MR) is 126 cm³/mol. The molecule has 2 aromatic heterocycles. The lowest BCUT2D eigenvalue weighted by atomic mass is 9.94. The molecule has 0 spiro atoms. The molecule has 0 radical (unpaired) electrons. The van der Waals surface area contributed by atoms with Crippen LogP contribution in [0.2, 0.25) is 0 Å². The molecule has 0 bridgehead atoms. The van der Waals surface area contributed by atoms with Crippen molar-refractivity contribution in [2.24, 2.45) is 0 Å². The van der Waals surface area contributed by atoms with Gasteiger partial charge < -0.3 is 0 Å². The Morgan fingerprint density at radius 3 is 2.23 bits per heavy atom. The Labute approximate surface area is 187 Å². The van der Waals surface area contributed by atoms with Gasteiger partial charge in [-0.3, -0.25) is 4.79 Å². The third kappa shape index (κ3) is 2.63.